The molecular formula is C11H13BrO. The Morgan fingerprint density at radius 2 is 2.00 bits per heavy atom. The molecule has 0 N–H and O–H groups in total. The molecule has 13 heavy (non-hydrogen) atoms. The van der Waals surface area contributed by atoms with Crippen LogP contribution in [0.1, 0.15) is 18.9 Å². The van der Waals surface area contributed by atoms with Crippen molar-refractivity contribution in [2.75, 3.05) is 6.61 Å². The average molecular weight is 241 g/mol. The largest absolute Gasteiger partial charge is 0.370 e. The number of rotatable bonds is 3. The van der Waals surface area contributed by atoms with Crippen LogP contribution in [-0.4, -0.2) is 12.2 Å². The molecule has 1 aromatic carbocycles. The summed E-state index contributed by atoms with van der Waals surface area (Å²) in [7, 11) is 0. The molecule has 0 saturated carbocycles. The highest BCUT2D eigenvalue weighted by atomic mass is 79.9. The molecule has 1 nitrogen and oxygen atoms in total. The molecule has 0 amide bonds. The summed E-state index contributed by atoms with van der Waals surface area (Å²) in [5, 5.41) is 0. The fraction of sp³-hybridized carbons (Fsp3) is 0.455. The molecule has 1 aliphatic heterocycles. The first-order valence-electron chi connectivity index (χ1n) is 4.56. The summed E-state index contributed by atoms with van der Waals surface area (Å²) in [5.41, 5.74) is 1.58. The fourth-order valence-corrected chi connectivity index (χ4v) is 1.59. The average Bonchev–Trinajstić information content (AvgIpc) is 2.84. The van der Waals surface area contributed by atoms with Crippen LogP contribution in [0.2, 0.25) is 0 Å². The zero-order valence-electron chi connectivity index (χ0n) is 7.72. The normalized spacial score (nSPS) is 26.0. The van der Waals surface area contributed by atoms with E-state index in [0.717, 1.165) is 23.9 Å². The number of halogens is 1. The number of hydrogen-bond donors (Lipinski definition) is 0. The Hall–Kier alpha value is -0.340. The van der Waals surface area contributed by atoms with Crippen LogP contribution >= 0.6 is 15.9 Å². The quantitative estimate of drug-likeness (QED) is 0.740. The van der Waals surface area contributed by atoms with E-state index in [1.807, 2.05) is 0 Å². The summed E-state index contributed by atoms with van der Waals surface area (Å²) in [6.45, 7) is 3.11. The summed E-state index contributed by atoms with van der Waals surface area (Å²) >= 11 is 3.42. The second-order valence-corrected chi connectivity index (χ2v) is 4.78. The number of epoxide rings is 1. The first-order chi connectivity index (χ1) is 6.18. The monoisotopic (exact) mass is 240 g/mol. The molecule has 0 radical (unpaired) electrons. The zero-order chi connectivity index (χ0) is 9.31. The molecule has 1 atom stereocenters. The third-order valence-corrected chi connectivity index (χ3v) is 3.02. The molecule has 1 heterocycles. The molecule has 0 spiro atoms. The summed E-state index contributed by atoms with van der Waals surface area (Å²) in [4.78, 5) is 0. The lowest BCUT2D eigenvalue weighted by Gasteiger charge is -2.04. The number of ether oxygens (including phenoxy) is 1. The van der Waals surface area contributed by atoms with Gasteiger partial charge in [0.15, 0.2) is 0 Å². The van der Waals surface area contributed by atoms with Crippen molar-refractivity contribution in [3.63, 3.8) is 0 Å². The zero-order valence-corrected chi connectivity index (χ0v) is 9.30. The maximum Gasteiger partial charge on any atom is 0.0891 e. The summed E-state index contributed by atoms with van der Waals surface area (Å²) in [6.07, 6.45) is 2.25. The van der Waals surface area contributed by atoms with Crippen LogP contribution in [0.15, 0.2) is 28.7 Å². The maximum absolute atomic E-state index is 5.33. The van der Waals surface area contributed by atoms with Gasteiger partial charge in [-0.2, -0.15) is 0 Å². The Bertz CT molecular complexity index is 287. The fourth-order valence-electron chi connectivity index (χ4n) is 1.33. The predicted octanol–water partition coefficient (Wildman–Crippen LogP) is 3.17. The molecule has 1 unspecified atom stereocenters. The minimum atomic E-state index is 0.188. The van der Waals surface area contributed by atoms with Crippen molar-refractivity contribution in [3.05, 3.63) is 34.3 Å². The van der Waals surface area contributed by atoms with Crippen LogP contribution < -0.4 is 0 Å². The second-order valence-electron chi connectivity index (χ2n) is 3.87. The van der Waals surface area contributed by atoms with Crippen LogP contribution in [0.4, 0.5) is 0 Å². The van der Waals surface area contributed by atoms with Crippen LogP contribution in [0.5, 0.6) is 0 Å². The topological polar surface area (TPSA) is 12.5 Å². The van der Waals surface area contributed by atoms with Crippen molar-refractivity contribution in [3.8, 4) is 0 Å². The van der Waals surface area contributed by atoms with Crippen molar-refractivity contribution in [1.29, 1.82) is 0 Å². The van der Waals surface area contributed by atoms with E-state index in [0.29, 0.717) is 0 Å². The van der Waals surface area contributed by atoms with Gasteiger partial charge in [0.25, 0.3) is 0 Å². The lowest BCUT2D eigenvalue weighted by atomic mass is 10.0. The molecule has 2 heteroatoms. The molecule has 70 valence electrons. The molecule has 0 aromatic heterocycles. The maximum atomic E-state index is 5.33. The SMILES string of the molecule is CC1(CCc2ccc(Br)cc2)CO1. The van der Waals surface area contributed by atoms with Gasteiger partial charge in [0.05, 0.1) is 12.2 Å². The van der Waals surface area contributed by atoms with Gasteiger partial charge < -0.3 is 4.74 Å². The highest BCUT2D eigenvalue weighted by Crippen LogP contribution is 2.31. The lowest BCUT2D eigenvalue weighted by Crippen LogP contribution is -2.05. The van der Waals surface area contributed by atoms with Crippen LogP contribution in [-0.2, 0) is 11.2 Å². The van der Waals surface area contributed by atoms with Gasteiger partial charge >= 0.3 is 0 Å². The summed E-state index contributed by atoms with van der Waals surface area (Å²) in [5.74, 6) is 0. The van der Waals surface area contributed by atoms with Crippen molar-refractivity contribution < 1.29 is 4.74 Å². The highest BCUT2D eigenvalue weighted by Gasteiger charge is 2.38. The van der Waals surface area contributed by atoms with E-state index in [1.165, 1.54) is 5.56 Å². The van der Waals surface area contributed by atoms with E-state index < -0.39 is 0 Å². The Kier molecular flexibility index (Phi) is 2.43. The van der Waals surface area contributed by atoms with Gasteiger partial charge in [-0.05, 0) is 37.5 Å². The second kappa shape index (κ2) is 3.43. The van der Waals surface area contributed by atoms with E-state index >= 15 is 0 Å². The summed E-state index contributed by atoms with van der Waals surface area (Å²) < 4.78 is 6.48. The van der Waals surface area contributed by atoms with E-state index in [2.05, 4.69) is 47.1 Å². The van der Waals surface area contributed by atoms with Crippen molar-refractivity contribution in [1.82, 2.24) is 0 Å². The van der Waals surface area contributed by atoms with Gasteiger partial charge in [0, 0.05) is 4.47 Å². The van der Waals surface area contributed by atoms with Crippen LogP contribution in [0.3, 0.4) is 0 Å². The molecule has 1 saturated heterocycles. The molecule has 0 aliphatic carbocycles. The molecule has 1 fully saturated rings. The van der Waals surface area contributed by atoms with Crippen molar-refractivity contribution in [2.24, 2.45) is 0 Å². The smallest absolute Gasteiger partial charge is 0.0891 e. The third kappa shape index (κ3) is 2.55. The molecule has 0 bridgehead atoms. The Morgan fingerprint density at radius 1 is 1.38 bits per heavy atom. The van der Waals surface area contributed by atoms with E-state index in [4.69, 9.17) is 4.74 Å². The number of aryl methyl sites for hydroxylation is 1. The number of hydrogen-bond acceptors (Lipinski definition) is 1. The van der Waals surface area contributed by atoms with Crippen molar-refractivity contribution >= 4 is 15.9 Å². The highest BCUT2D eigenvalue weighted by molar-refractivity contribution is 9.10. The van der Waals surface area contributed by atoms with E-state index in [9.17, 15) is 0 Å². The van der Waals surface area contributed by atoms with Gasteiger partial charge in [-0.3, -0.25) is 0 Å². The van der Waals surface area contributed by atoms with Crippen LogP contribution in [0.25, 0.3) is 0 Å². The Morgan fingerprint density at radius 3 is 2.54 bits per heavy atom. The van der Waals surface area contributed by atoms with E-state index in [1.54, 1.807) is 0 Å². The molecule has 2 rings (SSSR count). The third-order valence-electron chi connectivity index (χ3n) is 2.49. The van der Waals surface area contributed by atoms with Crippen molar-refractivity contribution in [2.45, 2.75) is 25.4 Å². The standard InChI is InChI=1S/C11H13BrO/c1-11(8-13-11)7-6-9-2-4-10(12)5-3-9/h2-5H,6-8H2,1H3. The molecule has 1 aromatic rings. The lowest BCUT2D eigenvalue weighted by molar-refractivity contribution is 0.309. The van der Waals surface area contributed by atoms with Crippen LogP contribution in [0, 0.1) is 0 Å². The molecule has 1 aliphatic rings. The van der Waals surface area contributed by atoms with Gasteiger partial charge in [-0.25, -0.2) is 0 Å². The van der Waals surface area contributed by atoms with Gasteiger partial charge in [0.2, 0.25) is 0 Å². The minimum absolute atomic E-state index is 0.188. The summed E-state index contributed by atoms with van der Waals surface area (Å²) in [6, 6.07) is 8.50. The Balaban J connectivity index is 1.91. The predicted molar refractivity (Wildman–Crippen MR) is 56.8 cm³/mol. The van der Waals surface area contributed by atoms with E-state index in [-0.39, 0.29) is 5.60 Å². The first-order valence-corrected chi connectivity index (χ1v) is 5.36. The first kappa shape index (κ1) is 9.22. The number of benzene rings is 1. The van der Waals surface area contributed by atoms with Gasteiger partial charge in [0.1, 0.15) is 0 Å². The van der Waals surface area contributed by atoms with Gasteiger partial charge in [-0.1, -0.05) is 28.1 Å². The molecular weight excluding hydrogens is 228 g/mol. The Labute approximate surface area is 87.2 Å². The minimum Gasteiger partial charge on any atom is -0.370 e. The van der Waals surface area contributed by atoms with Gasteiger partial charge in [-0.15, -0.1) is 0 Å².